The lowest BCUT2D eigenvalue weighted by Crippen LogP contribution is -2.15. The van der Waals surface area contributed by atoms with Gasteiger partial charge in [-0.1, -0.05) is 66.7 Å². The van der Waals surface area contributed by atoms with E-state index >= 15 is 0 Å². The summed E-state index contributed by atoms with van der Waals surface area (Å²) in [6.45, 7) is 0.989. The molecule has 0 aliphatic carbocycles. The quantitative estimate of drug-likeness (QED) is 0.636. The standard InChI is InChI=1S/C21H18N2/c1-2-7-17(8-3-1)12-13-18-9-6-10-19-14-16-23(21(18)19)20-11-4-5-15-22-20/h1-13,15H,14,16H2/b13-12+. The molecule has 1 aliphatic rings. The summed E-state index contributed by atoms with van der Waals surface area (Å²) in [4.78, 5) is 6.84. The summed E-state index contributed by atoms with van der Waals surface area (Å²) in [5.74, 6) is 1.02. The van der Waals surface area contributed by atoms with E-state index in [1.54, 1.807) is 0 Å². The van der Waals surface area contributed by atoms with Crippen molar-refractivity contribution in [2.45, 2.75) is 6.42 Å². The smallest absolute Gasteiger partial charge is 0.132 e. The van der Waals surface area contributed by atoms with E-state index in [2.05, 4.69) is 70.6 Å². The second kappa shape index (κ2) is 6.09. The molecular formula is C21H18N2. The molecule has 1 aliphatic heterocycles. The van der Waals surface area contributed by atoms with Crippen molar-refractivity contribution in [3.63, 3.8) is 0 Å². The van der Waals surface area contributed by atoms with Gasteiger partial charge < -0.3 is 4.90 Å². The lowest BCUT2D eigenvalue weighted by atomic mass is 10.1. The van der Waals surface area contributed by atoms with Gasteiger partial charge in [0.15, 0.2) is 0 Å². The summed E-state index contributed by atoms with van der Waals surface area (Å²) in [5.41, 5.74) is 5.14. The number of para-hydroxylation sites is 1. The van der Waals surface area contributed by atoms with Gasteiger partial charge in [0.2, 0.25) is 0 Å². The number of hydrogen-bond donors (Lipinski definition) is 0. The molecule has 0 radical (unpaired) electrons. The minimum absolute atomic E-state index is 0.989. The Morgan fingerprint density at radius 1 is 0.826 bits per heavy atom. The third kappa shape index (κ3) is 2.76. The molecule has 0 saturated heterocycles. The summed E-state index contributed by atoms with van der Waals surface area (Å²) in [7, 11) is 0. The molecule has 0 fully saturated rings. The first kappa shape index (κ1) is 13.8. The third-order valence-corrected chi connectivity index (χ3v) is 4.21. The fourth-order valence-corrected chi connectivity index (χ4v) is 3.11. The van der Waals surface area contributed by atoms with Crippen LogP contribution >= 0.6 is 0 Å². The number of anilines is 2. The molecule has 3 aromatic rings. The summed E-state index contributed by atoms with van der Waals surface area (Å²) >= 11 is 0. The molecule has 4 rings (SSSR count). The van der Waals surface area contributed by atoms with Crippen molar-refractivity contribution in [1.82, 2.24) is 4.98 Å². The van der Waals surface area contributed by atoms with Crippen LogP contribution in [0.1, 0.15) is 16.7 Å². The van der Waals surface area contributed by atoms with Crippen LogP contribution in [0.3, 0.4) is 0 Å². The van der Waals surface area contributed by atoms with Crippen molar-refractivity contribution in [3.05, 3.63) is 89.6 Å². The van der Waals surface area contributed by atoms with Gasteiger partial charge in [-0.2, -0.15) is 0 Å². The number of hydrogen-bond acceptors (Lipinski definition) is 2. The van der Waals surface area contributed by atoms with E-state index in [1.165, 1.54) is 22.4 Å². The topological polar surface area (TPSA) is 16.1 Å². The molecule has 2 aromatic carbocycles. The Morgan fingerprint density at radius 2 is 1.70 bits per heavy atom. The van der Waals surface area contributed by atoms with Crippen LogP contribution in [0.15, 0.2) is 72.9 Å². The van der Waals surface area contributed by atoms with Crippen molar-refractivity contribution >= 4 is 23.7 Å². The number of pyridine rings is 1. The molecule has 0 unspecified atom stereocenters. The number of fused-ring (bicyclic) bond motifs is 1. The van der Waals surface area contributed by atoms with Gasteiger partial charge in [-0.25, -0.2) is 4.98 Å². The summed E-state index contributed by atoms with van der Waals surface area (Å²) < 4.78 is 0. The van der Waals surface area contributed by atoms with Crippen molar-refractivity contribution in [1.29, 1.82) is 0 Å². The number of rotatable bonds is 3. The first-order valence-electron chi connectivity index (χ1n) is 7.95. The molecule has 0 bridgehead atoms. The van der Waals surface area contributed by atoms with Crippen molar-refractivity contribution in [2.24, 2.45) is 0 Å². The molecule has 0 amide bonds. The van der Waals surface area contributed by atoms with Gasteiger partial charge in [0.25, 0.3) is 0 Å². The summed E-state index contributed by atoms with van der Waals surface area (Å²) in [5, 5.41) is 0. The normalized spacial score (nSPS) is 13.5. The molecule has 23 heavy (non-hydrogen) atoms. The average Bonchev–Trinajstić information content (AvgIpc) is 3.06. The number of aromatic nitrogens is 1. The Balaban J connectivity index is 1.73. The third-order valence-electron chi connectivity index (χ3n) is 4.21. The number of nitrogens with zero attached hydrogens (tertiary/aromatic N) is 2. The van der Waals surface area contributed by atoms with Crippen LogP contribution in [-0.4, -0.2) is 11.5 Å². The average molecular weight is 298 g/mol. The van der Waals surface area contributed by atoms with Crippen LogP contribution in [-0.2, 0) is 6.42 Å². The predicted molar refractivity (Wildman–Crippen MR) is 96.8 cm³/mol. The predicted octanol–water partition coefficient (Wildman–Crippen LogP) is 4.95. The molecule has 0 saturated carbocycles. The SMILES string of the molecule is C(=C\c1cccc2c1N(c1ccccn1)CC2)/c1ccccc1. The van der Waals surface area contributed by atoms with Gasteiger partial charge in [0.1, 0.15) is 5.82 Å². The molecule has 0 spiro atoms. The Bertz CT molecular complexity index is 823. The van der Waals surface area contributed by atoms with Crippen molar-refractivity contribution in [3.8, 4) is 0 Å². The monoisotopic (exact) mass is 298 g/mol. The van der Waals surface area contributed by atoms with Crippen molar-refractivity contribution < 1.29 is 0 Å². The largest absolute Gasteiger partial charge is 0.325 e. The van der Waals surface area contributed by atoms with E-state index in [4.69, 9.17) is 0 Å². The van der Waals surface area contributed by atoms with Crippen LogP contribution in [0.4, 0.5) is 11.5 Å². The van der Waals surface area contributed by atoms with Gasteiger partial charge in [0.05, 0.1) is 5.69 Å². The van der Waals surface area contributed by atoms with E-state index < -0.39 is 0 Å². The highest BCUT2D eigenvalue weighted by Crippen LogP contribution is 2.37. The maximum absolute atomic E-state index is 4.52. The summed E-state index contributed by atoms with van der Waals surface area (Å²) in [6.07, 6.45) is 7.30. The van der Waals surface area contributed by atoms with E-state index in [9.17, 15) is 0 Å². The minimum atomic E-state index is 0.989. The van der Waals surface area contributed by atoms with Crippen LogP contribution in [0.2, 0.25) is 0 Å². The maximum Gasteiger partial charge on any atom is 0.132 e. The first-order chi connectivity index (χ1) is 11.4. The van der Waals surface area contributed by atoms with E-state index in [0.29, 0.717) is 0 Å². The zero-order valence-corrected chi connectivity index (χ0v) is 12.9. The number of benzene rings is 2. The minimum Gasteiger partial charge on any atom is -0.325 e. The molecule has 0 atom stereocenters. The van der Waals surface area contributed by atoms with Crippen LogP contribution in [0.5, 0.6) is 0 Å². The molecular weight excluding hydrogens is 280 g/mol. The second-order valence-corrected chi connectivity index (χ2v) is 5.69. The molecule has 112 valence electrons. The van der Waals surface area contributed by atoms with Gasteiger partial charge in [-0.05, 0) is 35.2 Å². The lowest BCUT2D eigenvalue weighted by Gasteiger charge is -2.20. The van der Waals surface area contributed by atoms with Crippen LogP contribution < -0.4 is 4.90 Å². The highest BCUT2D eigenvalue weighted by molar-refractivity contribution is 5.82. The zero-order chi connectivity index (χ0) is 15.5. The fourth-order valence-electron chi connectivity index (χ4n) is 3.11. The highest BCUT2D eigenvalue weighted by atomic mass is 15.2. The molecule has 2 nitrogen and oxygen atoms in total. The van der Waals surface area contributed by atoms with E-state index in [0.717, 1.165) is 18.8 Å². The van der Waals surface area contributed by atoms with E-state index in [1.807, 2.05) is 24.4 Å². The Labute approximate surface area is 136 Å². The Hall–Kier alpha value is -2.87. The van der Waals surface area contributed by atoms with Crippen LogP contribution in [0.25, 0.3) is 12.2 Å². The first-order valence-corrected chi connectivity index (χ1v) is 7.95. The maximum atomic E-state index is 4.52. The molecule has 0 N–H and O–H groups in total. The lowest BCUT2D eigenvalue weighted by molar-refractivity contribution is 0.974. The second-order valence-electron chi connectivity index (χ2n) is 5.69. The zero-order valence-electron chi connectivity index (χ0n) is 12.9. The Morgan fingerprint density at radius 3 is 2.52 bits per heavy atom. The van der Waals surface area contributed by atoms with Gasteiger partial charge in [-0.3, -0.25) is 0 Å². The Kier molecular flexibility index (Phi) is 3.65. The van der Waals surface area contributed by atoms with Gasteiger partial charge in [0, 0.05) is 12.7 Å². The molecule has 1 aromatic heterocycles. The molecule has 2 heterocycles. The van der Waals surface area contributed by atoms with Crippen LogP contribution in [0, 0.1) is 0 Å². The van der Waals surface area contributed by atoms with Gasteiger partial charge >= 0.3 is 0 Å². The summed E-state index contributed by atoms with van der Waals surface area (Å²) in [6, 6.07) is 23.0. The van der Waals surface area contributed by atoms with E-state index in [-0.39, 0.29) is 0 Å². The fraction of sp³-hybridized carbons (Fsp3) is 0.0952. The van der Waals surface area contributed by atoms with Crippen molar-refractivity contribution in [2.75, 3.05) is 11.4 Å². The molecule has 2 heteroatoms. The van der Waals surface area contributed by atoms with Gasteiger partial charge in [-0.15, -0.1) is 0 Å². The highest BCUT2D eigenvalue weighted by Gasteiger charge is 2.23.